The van der Waals surface area contributed by atoms with Gasteiger partial charge in [0, 0.05) is 25.7 Å². The molecule has 394 valence electrons. The monoisotopic (exact) mass is 1020 g/mol. The molecule has 74 heavy (non-hydrogen) atoms. The minimum atomic E-state index is -1.37. The Morgan fingerprint density at radius 2 is 0.716 bits per heavy atom. The lowest BCUT2D eigenvalue weighted by Gasteiger charge is -2.23. The molecule has 24 heteroatoms. The molecule has 0 saturated carbocycles. The van der Waals surface area contributed by atoms with Gasteiger partial charge in [0.05, 0.1) is 25.2 Å². The van der Waals surface area contributed by atoms with Crippen LogP contribution in [0.5, 0.6) is 11.5 Å². The normalized spacial score (nSPS) is 13.2. The van der Waals surface area contributed by atoms with Crippen LogP contribution < -0.4 is 65.7 Å². The topological polar surface area (TPSA) is 411 Å². The number of nitrogens with one attached hydrogen (secondary N) is 8. The van der Waals surface area contributed by atoms with E-state index in [0.29, 0.717) is 22.3 Å². The molecule has 0 aromatic heterocycles. The summed E-state index contributed by atoms with van der Waals surface area (Å²) in [6.07, 6.45) is -1.22. The number of hydrazine groups is 1. The van der Waals surface area contributed by atoms with Crippen molar-refractivity contribution in [3.8, 4) is 11.5 Å². The lowest BCUT2D eigenvalue weighted by Crippen LogP contribution is -2.59. The van der Waals surface area contributed by atoms with Gasteiger partial charge in [-0.15, -0.1) is 0 Å². The minimum Gasteiger partial charge on any atom is -0.508 e. The van der Waals surface area contributed by atoms with E-state index >= 15 is 0 Å². The van der Waals surface area contributed by atoms with Gasteiger partial charge >= 0.3 is 0 Å². The van der Waals surface area contributed by atoms with Crippen LogP contribution in [0.1, 0.15) is 47.9 Å². The van der Waals surface area contributed by atoms with Gasteiger partial charge < -0.3 is 65.0 Å². The van der Waals surface area contributed by atoms with Gasteiger partial charge in [0.25, 0.3) is 11.8 Å². The number of rotatable bonds is 28. The average molecular weight is 1020 g/mol. The summed E-state index contributed by atoms with van der Waals surface area (Å²) in [4.78, 5) is 130. The maximum atomic E-state index is 13.7. The number of nitrogens with two attached hydrogens (primary N) is 4. The van der Waals surface area contributed by atoms with Crippen molar-refractivity contribution in [2.24, 2.45) is 22.9 Å². The van der Waals surface area contributed by atoms with E-state index in [1.807, 2.05) is 0 Å². The Bertz CT molecular complexity index is 2390. The molecule has 4 rings (SSSR count). The molecule has 10 amide bonds. The SMILES string of the molecule is NC(=O)CC[C@@H](NC(=O)[C@@H](N)Cc1ccc(O)cc1)C(=O)NCC(=O)N[C@@H](Cc1ccccc1)C(=O)NNC(=O)[C@H](Cc1ccccc1)NC(=O)CNC(=O)[C@@H](CCC(N)=O)NC(=O)[C@@H](N)Cc1ccc(O)cc1. The van der Waals surface area contributed by atoms with Gasteiger partial charge in [0.15, 0.2) is 0 Å². The number of hydrogen-bond acceptors (Lipinski definition) is 14. The summed E-state index contributed by atoms with van der Waals surface area (Å²) in [5.74, 6) is -8.31. The highest BCUT2D eigenvalue weighted by Crippen LogP contribution is 2.13. The Morgan fingerprint density at radius 1 is 0.392 bits per heavy atom. The Labute approximate surface area is 425 Å². The van der Waals surface area contributed by atoms with E-state index in [1.165, 1.54) is 24.3 Å². The van der Waals surface area contributed by atoms with Gasteiger partial charge in [-0.3, -0.25) is 58.8 Å². The molecule has 0 heterocycles. The third-order valence-electron chi connectivity index (χ3n) is 11.1. The van der Waals surface area contributed by atoms with Crippen molar-refractivity contribution < 1.29 is 58.2 Å². The zero-order valence-corrected chi connectivity index (χ0v) is 40.2. The number of amides is 10. The second kappa shape index (κ2) is 29.4. The summed E-state index contributed by atoms with van der Waals surface area (Å²) in [7, 11) is 0. The molecular formula is C50H62N12O12. The number of carbonyl (C=O) groups excluding carboxylic acids is 10. The van der Waals surface area contributed by atoms with Crippen LogP contribution in [-0.2, 0) is 73.6 Å². The molecule has 0 saturated heterocycles. The maximum absolute atomic E-state index is 13.7. The van der Waals surface area contributed by atoms with Crippen LogP contribution in [-0.4, -0.2) is 119 Å². The van der Waals surface area contributed by atoms with Crippen LogP contribution in [0.3, 0.4) is 0 Å². The Morgan fingerprint density at radius 3 is 1.04 bits per heavy atom. The van der Waals surface area contributed by atoms with Gasteiger partial charge in [-0.2, -0.15) is 0 Å². The van der Waals surface area contributed by atoms with E-state index in [1.54, 1.807) is 84.9 Å². The predicted molar refractivity (Wildman–Crippen MR) is 267 cm³/mol. The van der Waals surface area contributed by atoms with Crippen LogP contribution in [0.25, 0.3) is 0 Å². The van der Waals surface area contributed by atoms with E-state index in [9.17, 15) is 58.2 Å². The molecule has 24 nitrogen and oxygen atoms in total. The van der Waals surface area contributed by atoms with Crippen molar-refractivity contribution in [3.63, 3.8) is 0 Å². The van der Waals surface area contributed by atoms with Crippen molar-refractivity contribution >= 4 is 59.1 Å². The first-order valence-electron chi connectivity index (χ1n) is 23.3. The minimum absolute atomic E-state index is 0.0106. The summed E-state index contributed by atoms with van der Waals surface area (Å²) in [6.45, 7) is -1.42. The van der Waals surface area contributed by atoms with E-state index < -0.39 is 108 Å². The molecule has 0 unspecified atom stereocenters. The van der Waals surface area contributed by atoms with Crippen LogP contribution in [0.4, 0.5) is 0 Å². The number of hydrogen-bond donors (Lipinski definition) is 14. The van der Waals surface area contributed by atoms with Crippen molar-refractivity contribution in [1.82, 2.24) is 42.8 Å². The van der Waals surface area contributed by atoms with Crippen LogP contribution in [0.2, 0.25) is 0 Å². The third-order valence-corrected chi connectivity index (χ3v) is 11.1. The fraction of sp³-hybridized carbons (Fsp3) is 0.320. The van der Waals surface area contributed by atoms with Crippen molar-refractivity contribution in [3.05, 3.63) is 131 Å². The molecule has 0 aliphatic rings. The van der Waals surface area contributed by atoms with E-state index in [0.717, 1.165) is 0 Å². The van der Waals surface area contributed by atoms with Crippen LogP contribution >= 0.6 is 0 Å². The number of phenols is 2. The quantitative estimate of drug-likeness (QED) is 0.0251. The molecule has 4 aromatic rings. The summed E-state index contributed by atoms with van der Waals surface area (Å²) in [5.41, 5.74) is 29.7. The lowest BCUT2D eigenvalue weighted by molar-refractivity contribution is -0.134. The molecule has 0 radical (unpaired) electrons. The standard InChI is InChI=1S/C50H62N12O12/c51-35(23-31-11-15-33(63)16-12-31)45(69)59-37(19-21-41(53)65)47(71)55-27-43(67)57-39(25-29-7-3-1-4-8-29)49(73)61-62-50(74)40(26-30-9-5-2-6-10-30)58-44(68)28-56-48(72)38(20-22-42(54)66)60-46(70)36(52)24-32-13-17-34(64)18-14-32/h1-18,35-40,63-64H,19-28,51-52H2,(H2,53,65)(H2,54,66)(H,55,71)(H,56,72)(H,57,67)(H,58,68)(H,59,69)(H,60,70)(H,61,73)(H,62,74)/t35-,36-,37+,38+,39-,40-/m0/s1. The third kappa shape index (κ3) is 20.8. The first kappa shape index (κ1) is 57.7. The smallest absolute Gasteiger partial charge is 0.261 e. The molecule has 0 aliphatic heterocycles. The average Bonchev–Trinajstić information content (AvgIpc) is 3.37. The highest BCUT2D eigenvalue weighted by atomic mass is 16.3. The van der Waals surface area contributed by atoms with Crippen LogP contribution in [0, 0.1) is 0 Å². The largest absolute Gasteiger partial charge is 0.508 e. The molecule has 0 aliphatic carbocycles. The molecule has 18 N–H and O–H groups in total. The van der Waals surface area contributed by atoms with E-state index in [2.05, 4.69) is 42.8 Å². The van der Waals surface area contributed by atoms with E-state index in [4.69, 9.17) is 22.9 Å². The number of aromatic hydroxyl groups is 2. The zero-order valence-electron chi connectivity index (χ0n) is 40.2. The summed E-state index contributed by atoms with van der Waals surface area (Å²) >= 11 is 0. The zero-order chi connectivity index (χ0) is 54.2. The first-order chi connectivity index (χ1) is 35.3. The van der Waals surface area contributed by atoms with Crippen molar-refractivity contribution in [2.45, 2.75) is 87.6 Å². The second-order valence-corrected chi connectivity index (χ2v) is 17.1. The summed E-state index contributed by atoms with van der Waals surface area (Å²) in [6, 6.07) is 21.2. The number of benzene rings is 4. The molecule has 4 aromatic carbocycles. The van der Waals surface area contributed by atoms with Crippen molar-refractivity contribution in [1.29, 1.82) is 0 Å². The fourth-order valence-corrected chi connectivity index (χ4v) is 7.11. The molecule has 0 fully saturated rings. The Hall–Kier alpha value is -8.90. The number of phenolic OH excluding ortho intramolecular Hbond substituents is 2. The molecule has 6 atom stereocenters. The highest BCUT2D eigenvalue weighted by molar-refractivity contribution is 5.96. The molecule has 0 spiro atoms. The second-order valence-electron chi connectivity index (χ2n) is 17.1. The van der Waals surface area contributed by atoms with Gasteiger partial charge in [-0.05, 0) is 72.2 Å². The fourth-order valence-electron chi connectivity index (χ4n) is 7.11. The Balaban J connectivity index is 1.39. The van der Waals surface area contributed by atoms with Crippen molar-refractivity contribution in [2.75, 3.05) is 13.1 Å². The Kier molecular flexibility index (Phi) is 23.0. The predicted octanol–water partition coefficient (Wildman–Crippen LogP) is -3.13. The van der Waals surface area contributed by atoms with Gasteiger partial charge in [0.1, 0.15) is 35.7 Å². The molecular weight excluding hydrogens is 961 g/mol. The highest BCUT2D eigenvalue weighted by Gasteiger charge is 2.29. The summed E-state index contributed by atoms with van der Waals surface area (Å²) < 4.78 is 0. The van der Waals surface area contributed by atoms with Crippen LogP contribution in [0.15, 0.2) is 109 Å². The number of carbonyl (C=O) groups is 10. The van der Waals surface area contributed by atoms with Gasteiger partial charge in [-0.1, -0.05) is 84.9 Å². The number of primary amides is 2. The van der Waals surface area contributed by atoms with E-state index in [-0.39, 0.29) is 62.9 Å². The van der Waals surface area contributed by atoms with Gasteiger partial charge in [0.2, 0.25) is 47.3 Å². The summed E-state index contributed by atoms with van der Waals surface area (Å²) in [5, 5.41) is 33.8. The lowest BCUT2D eigenvalue weighted by atomic mass is 10.0. The molecule has 0 bridgehead atoms. The first-order valence-corrected chi connectivity index (χ1v) is 23.3. The van der Waals surface area contributed by atoms with Gasteiger partial charge in [-0.25, -0.2) is 0 Å². The maximum Gasteiger partial charge on any atom is 0.261 e.